The molecule has 2 N–H and O–H groups in total. The molecule has 0 aliphatic rings. The van der Waals surface area contributed by atoms with Crippen LogP contribution in [0.5, 0.6) is 0 Å². The molecule has 0 aromatic carbocycles. The standard InChI is InChI=1S/C9H17NO5.C2H6/c1-9(2,3)15-8(13)10-6(5-14-4)7(11)12;1-2/h6H,5H2,1-4H3,(H,10,13)(H,11,12);1-2H3. The fraction of sp³-hybridized carbons (Fsp3) is 0.818. The van der Waals surface area contributed by atoms with Crippen LogP contribution in [0.3, 0.4) is 0 Å². The molecule has 0 saturated carbocycles. The van der Waals surface area contributed by atoms with Crippen LogP contribution < -0.4 is 5.32 Å². The Hall–Kier alpha value is -1.30. The smallest absolute Gasteiger partial charge is 0.408 e. The Balaban J connectivity index is 0. The Labute approximate surface area is 102 Å². The first kappa shape index (κ1) is 18.1. The number of aliphatic carboxylic acids is 1. The third kappa shape index (κ3) is 11.0. The van der Waals surface area contributed by atoms with Crippen molar-refractivity contribution in [1.29, 1.82) is 0 Å². The number of hydrogen-bond donors (Lipinski definition) is 2. The Bertz CT molecular complexity index is 235. The number of hydrogen-bond acceptors (Lipinski definition) is 4. The number of nitrogens with one attached hydrogen (secondary N) is 1. The number of ether oxygens (including phenoxy) is 2. The van der Waals surface area contributed by atoms with E-state index >= 15 is 0 Å². The number of carboxylic acid groups (broad SMARTS) is 1. The number of carbonyl (C=O) groups excluding carboxylic acids is 1. The lowest BCUT2D eigenvalue weighted by Gasteiger charge is -2.21. The maximum atomic E-state index is 11.2. The first-order valence-corrected chi connectivity index (χ1v) is 5.47. The number of alkyl carbamates (subject to hydrolysis) is 1. The van der Waals surface area contributed by atoms with Crippen LogP contribution in [0.2, 0.25) is 0 Å². The van der Waals surface area contributed by atoms with E-state index < -0.39 is 23.7 Å². The molecule has 0 rings (SSSR count). The number of amides is 1. The molecule has 0 spiro atoms. The molecule has 1 atom stereocenters. The van der Waals surface area contributed by atoms with Gasteiger partial charge in [-0.3, -0.25) is 0 Å². The SMILES string of the molecule is CC.COCC(NC(=O)OC(C)(C)C)C(=O)O. The van der Waals surface area contributed by atoms with Gasteiger partial charge in [-0.05, 0) is 20.8 Å². The van der Waals surface area contributed by atoms with Gasteiger partial charge in [-0.2, -0.15) is 0 Å². The van der Waals surface area contributed by atoms with Crippen molar-refractivity contribution >= 4 is 12.1 Å². The summed E-state index contributed by atoms with van der Waals surface area (Å²) in [4.78, 5) is 21.8. The highest BCUT2D eigenvalue weighted by molar-refractivity contribution is 5.80. The summed E-state index contributed by atoms with van der Waals surface area (Å²) in [6.07, 6.45) is -0.771. The van der Waals surface area contributed by atoms with Crippen LogP contribution in [-0.4, -0.2) is 42.5 Å². The maximum Gasteiger partial charge on any atom is 0.408 e. The highest BCUT2D eigenvalue weighted by Gasteiger charge is 2.23. The second kappa shape index (κ2) is 8.81. The van der Waals surface area contributed by atoms with Crippen molar-refractivity contribution in [3.8, 4) is 0 Å². The summed E-state index contributed by atoms with van der Waals surface area (Å²) in [6.45, 7) is 8.98. The molecule has 0 radical (unpaired) electrons. The lowest BCUT2D eigenvalue weighted by molar-refractivity contribution is -0.140. The van der Waals surface area contributed by atoms with Gasteiger partial charge in [0.05, 0.1) is 6.61 Å². The summed E-state index contributed by atoms with van der Waals surface area (Å²) in [5.41, 5.74) is -0.653. The highest BCUT2D eigenvalue weighted by Crippen LogP contribution is 2.06. The number of carbonyl (C=O) groups is 2. The molecule has 6 nitrogen and oxygen atoms in total. The fourth-order valence-corrected chi connectivity index (χ4v) is 0.791. The Morgan fingerprint density at radius 3 is 2.06 bits per heavy atom. The van der Waals surface area contributed by atoms with Crippen molar-refractivity contribution < 1.29 is 24.2 Å². The zero-order valence-electron chi connectivity index (χ0n) is 11.4. The predicted molar refractivity (Wildman–Crippen MR) is 64.0 cm³/mol. The first-order valence-electron chi connectivity index (χ1n) is 5.47. The van der Waals surface area contributed by atoms with Crippen molar-refractivity contribution in [1.82, 2.24) is 5.32 Å². The second-order valence-corrected chi connectivity index (χ2v) is 3.99. The highest BCUT2D eigenvalue weighted by atomic mass is 16.6. The van der Waals surface area contributed by atoms with Crippen LogP contribution >= 0.6 is 0 Å². The van der Waals surface area contributed by atoms with E-state index in [2.05, 4.69) is 10.1 Å². The maximum absolute atomic E-state index is 11.2. The van der Waals surface area contributed by atoms with E-state index in [9.17, 15) is 9.59 Å². The summed E-state index contributed by atoms with van der Waals surface area (Å²) < 4.78 is 9.54. The predicted octanol–water partition coefficient (Wildman–Crippen LogP) is 1.64. The number of carboxylic acids is 1. The Morgan fingerprint density at radius 1 is 1.29 bits per heavy atom. The van der Waals surface area contributed by atoms with Crippen LogP contribution in [-0.2, 0) is 14.3 Å². The van der Waals surface area contributed by atoms with E-state index in [1.54, 1.807) is 20.8 Å². The van der Waals surface area contributed by atoms with Crippen LogP contribution in [0.4, 0.5) is 4.79 Å². The molecule has 0 aromatic rings. The number of methoxy groups -OCH3 is 1. The van der Waals surface area contributed by atoms with Gasteiger partial charge in [-0.1, -0.05) is 13.8 Å². The summed E-state index contributed by atoms with van der Waals surface area (Å²) in [5.74, 6) is -1.16. The fourth-order valence-electron chi connectivity index (χ4n) is 0.791. The number of rotatable bonds is 4. The van der Waals surface area contributed by atoms with Crippen LogP contribution in [0.25, 0.3) is 0 Å². The minimum absolute atomic E-state index is 0.103. The van der Waals surface area contributed by atoms with Gasteiger partial charge in [0.1, 0.15) is 5.60 Å². The molecule has 0 aromatic heterocycles. The zero-order valence-corrected chi connectivity index (χ0v) is 11.4. The molecule has 1 amide bonds. The quantitative estimate of drug-likeness (QED) is 0.791. The van der Waals surface area contributed by atoms with Gasteiger partial charge >= 0.3 is 12.1 Å². The minimum atomic E-state index is -1.16. The summed E-state index contributed by atoms with van der Waals surface area (Å²) in [6, 6.07) is -1.09. The molecule has 0 aliphatic heterocycles. The Kier molecular flexibility index (Phi) is 9.36. The molecule has 0 bridgehead atoms. The molecule has 0 heterocycles. The van der Waals surface area contributed by atoms with E-state index in [1.165, 1.54) is 7.11 Å². The van der Waals surface area contributed by atoms with Gasteiger partial charge in [0.25, 0.3) is 0 Å². The Morgan fingerprint density at radius 2 is 1.76 bits per heavy atom. The van der Waals surface area contributed by atoms with E-state index in [-0.39, 0.29) is 6.61 Å². The monoisotopic (exact) mass is 249 g/mol. The molecule has 0 aliphatic carbocycles. The van der Waals surface area contributed by atoms with Crippen molar-refractivity contribution in [3.05, 3.63) is 0 Å². The van der Waals surface area contributed by atoms with Gasteiger partial charge in [0.15, 0.2) is 6.04 Å². The first-order chi connectivity index (χ1) is 7.76. The molecule has 6 heteroatoms. The topological polar surface area (TPSA) is 84.9 Å². The van der Waals surface area contributed by atoms with Crippen LogP contribution in [0.1, 0.15) is 34.6 Å². The zero-order chi connectivity index (χ0) is 14.1. The lowest BCUT2D eigenvalue weighted by atomic mass is 10.2. The van der Waals surface area contributed by atoms with E-state index in [0.717, 1.165) is 0 Å². The van der Waals surface area contributed by atoms with Gasteiger partial charge in [-0.15, -0.1) is 0 Å². The lowest BCUT2D eigenvalue weighted by Crippen LogP contribution is -2.45. The summed E-state index contributed by atoms with van der Waals surface area (Å²) >= 11 is 0. The van der Waals surface area contributed by atoms with Crippen molar-refractivity contribution in [2.24, 2.45) is 0 Å². The summed E-state index contributed by atoms with van der Waals surface area (Å²) in [7, 11) is 1.35. The average molecular weight is 249 g/mol. The molecule has 0 fully saturated rings. The minimum Gasteiger partial charge on any atom is -0.480 e. The van der Waals surface area contributed by atoms with Gasteiger partial charge in [0.2, 0.25) is 0 Å². The normalized spacial score (nSPS) is 11.9. The molecule has 102 valence electrons. The molecular weight excluding hydrogens is 226 g/mol. The van der Waals surface area contributed by atoms with Crippen LogP contribution in [0, 0.1) is 0 Å². The second-order valence-electron chi connectivity index (χ2n) is 3.99. The third-order valence-corrected chi connectivity index (χ3v) is 1.32. The molecule has 1 unspecified atom stereocenters. The largest absolute Gasteiger partial charge is 0.480 e. The van der Waals surface area contributed by atoms with Crippen molar-refractivity contribution in [2.45, 2.75) is 46.3 Å². The van der Waals surface area contributed by atoms with Gasteiger partial charge in [0, 0.05) is 7.11 Å². The molecule has 17 heavy (non-hydrogen) atoms. The van der Waals surface area contributed by atoms with Gasteiger partial charge < -0.3 is 19.9 Å². The van der Waals surface area contributed by atoms with E-state index in [4.69, 9.17) is 9.84 Å². The molecule has 0 saturated heterocycles. The molecular formula is C11H23NO5. The van der Waals surface area contributed by atoms with E-state index in [1.807, 2.05) is 13.8 Å². The van der Waals surface area contributed by atoms with Crippen LogP contribution in [0.15, 0.2) is 0 Å². The van der Waals surface area contributed by atoms with E-state index in [0.29, 0.717) is 0 Å². The average Bonchev–Trinajstić information content (AvgIpc) is 2.17. The van der Waals surface area contributed by atoms with Gasteiger partial charge in [-0.25, -0.2) is 9.59 Å². The van der Waals surface area contributed by atoms with Crippen molar-refractivity contribution in [3.63, 3.8) is 0 Å². The van der Waals surface area contributed by atoms with Crippen molar-refractivity contribution in [2.75, 3.05) is 13.7 Å². The third-order valence-electron chi connectivity index (χ3n) is 1.32. The summed E-state index contributed by atoms with van der Waals surface area (Å²) in [5, 5.41) is 10.9.